The van der Waals surface area contributed by atoms with Crippen molar-refractivity contribution in [2.45, 2.75) is 32.7 Å². The maximum Gasteiger partial charge on any atom is 0.184 e. The highest BCUT2D eigenvalue weighted by Gasteiger charge is 2.29. The lowest BCUT2D eigenvalue weighted by Gasteiger charge is -2.29. The number of pyridine rings is 1. The molecule has 2 nitrogen and oxygen atoms in total. The van der Waals surface area contributed by atoms with Crippen LogP contribution in [0.25, 0.3) is 10.9 Å². The monoisotopic (exact) mass is 370 g/mol. The number of hydrogen-bond donors (Lipinski definition) is 0. The molecule has 0 saturated heterocycles. The zero-order valence-corrected chi connectivity index (χ0v) is 15.4. The molecule has 4 rings (SSSR count). The summed E-state index contributed by atoms with van der Waals surface area (Å²) in [4.78, 5) is 8.99. The molecule has 0 N–H and O–H groups in total. The van der Waals surface area contributed by atoms with Crippen molar-refractivity contribution in [3.05, 3.63) is 75.4 Å². The van der Waals surface area contributed by atoms with Crippen LogP contribution >= 0.6 is 11.6 Å². The van der Waals surface area contributed by atoms with Gasteiger partial charge in [0, 0.05) is 33.7 Å². The fourth-order valence-corrected chi connectivity index (χ4v) is 3.82. The van der Waals surface area contributed by atoms with Crippen LogP contribution in [0.3, 0.4) is 0 Å². The van der Waals surface area contributed by atoms with Crippen LogP contribution in [0, 0.1) is 18.6 Å². The largest absolute Gasteiger partial charge is 0.280 e. The molecular weight excluding hydrogens is 354 g/mol. The van der Waals surface area contributed by atoms with Crippen molar-refractivity contribution in [2.75, 3.05) is 0 Å². The molecule has 1 aliphatic heterocycles. The van der Waals surface area contributed by atoms with Crippen LogP contribution in [0.1, 0.15) is 42.0 Å². The number of benzene rings is 2. The average molecular weight is 371 g/mol. The molecule has 0 fully saturated rings. The molecule has 0 spiro atoms. The van der Waals surface area contributed by atoms with Gasteiger partial charge >= 0.3 is 0 Å². The standard InChI is InChI=1S/C21H17ClF2N2/c1-10-4-6-15-17(18(10)22)11(2)12(3)26-20(15)14-8-13-5-7-16(23)19(24)21(13)25-9-14/h4-9,11-12H,1-3H3/t11-,12+/m1/s1. The number of hydrogen-bond acceptors (Lipinski definition) is 2. The van der Waals surface area contributed by atoms with Crippen LogP contribution < -0.4 is 0 Å². The van der Waals surface area contributed by atoms with E-state index >= 15 is 0 Å². The molecule has 5 heteroatoms. The van der Waals surface area contributed by atoms with Gasteiger partial charge in [0.15, 0.2) is 11.6 Å². The Morgan fingerprint density at radius 1 is 1.08 bits per heavy atom. The van der Waals surface area contributed by atoms with Crippen molar-refractivity contribution < 1.29 is 8.78 Å². The van der Waals surface area contributed by atoms with Gasteiger partial charge in [0.05, 0.1) is 11.8 Å². The molecule has 3 aromatic rings. The Morgan fingerprint density at radius 2 is 1.85 bits per heavy atom. The van der Waals surface area contributed by atoms with E-state index in [9.17, 15) is 8.78 Å². The third-order valence-electron chi connectivity index (χ3n) is 5.16. The van der Waals surface area contributed by atoms with E-state index in [0.29, 0.717) is 5.39 Å². The summed E-state index contributed by atoms with van der Waals surface area (Å²) in [5.74, 6) is -1.63. The minimum absolute atomic E-state index is 0.0220. The molecule has 0 amide bonds. The number of aryl methyl sites for hydroxylation is 1. The predicted molar refractivity (Wildman–Crippen MR) is 101 cm³/mol. The minimum atomic E-state index is -0.930. The van der Waals surface area contributed by atoms with Crippen LogP contribution in [-0.4, -0.2) is 16.7 Å². The van der Waals surface area contributed by atoms with Gasteiger partial charge in [-0.05, 0) is 43.2 Å². The van der Waals surface area contributed by atoms with Crippen LogP contribution in [0.4, 0.5) is 8.78 Å². The number of aliphatic imine (C=N–C) groups is 1. The first-order chi connectivity index (χ1) is 12.4. The van der Waals surface area contributed by atoms with Crippen molar-refractivity contribution in [3.63, 3.8) is 0 Å². The third kappa shape index (κ3) is 2.52. The van der Waals surface area contributed by atoms with Crippen molar-refractivity contribution in [2.24, 2.45) is 4.99 Å². The fourth-order valence-electron chi connectivity index (χ4n) is 3.48. The third-order valence-corrected chi connectivity index (χ3v) is 5.66. The Morgan fingerprint density at radius 3 is 2.62 bits per heavy atom. The predicted octanol–water partition coefficient (Wildman–Crippen LogP) is 5.82. The number of rotatable bonds is 1. The van der Waals surface area contributed by atoms with E-state index in [0.717, 1.165) is 39.1 Å². The Hall–Kier alpha value is -2.33. The van der Waals surface area contributed by atoms with Crippen molar-refractivity contribution in [1.29, 1.82) is 0 Å². The van der Waals surface area contributed by atoms with Gasteiger partial charge in [0.25, 0.3) is 0 Å². The topological polar surface area (TPSA) is 25.2 Å². The zero-order chi connectivity index (χ0) is 18.6. The summed E-state index contributed by atoms with van der Waals surface area (Å²) >= 11 is 6.60. The molecule has 2 atom stereocenters. The number of fused-ring (bicyclic) bond motifs is 2. The average Bonchev–Trinajstić information content (AvgIpc) is 2.63. The Kier molecular flexibility index (Phi) is 4.03. The SMILES string of the molecule is Cc1ccc2c(c1Cl)[C@H](C)[C@H](C)N=C2c1cnc2c(F)c(F)ccc2c1. The summed E-state index contributed by atoms with van der Waals surface area (Å²) < 4.78 is 27.4. The van der Waals surface area contributed by atoms with E-state index in [2.05, 4.69) is 18.8 Å². The normalized spacial score (nSPS) is 19.4. The highest BCUT2D eigenvalue weighted by atomic mass is 35.5. The second-order valence-corrected chi connectivity index (χ2v) is 7.20. The highest BCUT2D eigenvalue weighted by molar-refractivity contribution is 6.33. The molecule has 2 heterocycles. The molecule has 0 bridgehead atoms. The number of nitrogens with zero attached hydrogens (tertiary/aromatic N) is 2. The van der Waals surface area contributed by atoms with E-state index in [1.165, 1.54) is 6.07 Å². The fraction of sp³-hybridized carbons (Fsp3) is 0.238. The maximum atomic E-state index is 13.9. The Balaban J connectivity index is 1.94. The Labute approximate surface area is 155 Å². The van der Waals surface area contributed by atoms with E-state index in [-0.39, 0.29) is 17.5 Å². The summed E-state index contributed by atoms with van der Waals surface area (Å²) in [5, 5.41) is 1.30. The van der Waals surface area contributed by atoms with Gasteiger partial charge in [0.2, 0.25) is 0 Å². The van der Waals surface area contributed by atoms with Crippen molar-refractivity contribution >= 4 is 28.2 Å². The molecule has 0 radical (unpaired) electrons. The molecule has 2 aromatic carbocycles. The molecular formula is C21H17ClF2N2. The number of halogens is 3. The summed E-state index contributed by atoms with van der Waals surface area (Å²) in [6.45, 7) is 6.15. The smallest absolute Gasteiger partial charge is 0.184 e. The molecule has 26 heavy (non-hydrogen) atoms. The van der Waals surface area contributed by atoms with Crippen LogP contribution in [0.15, 0.2) is 41.5 Å². The second-order valence-electron chi connectivity index (χ2n) is 6.82. The first-order valence-electron chi connectivity index (χ1n) is 8.49. The quantitative estimate of drug-likeness (QED) is 0.530. The molecule has 1 aromatic heterocycles. The minimum Gasteiger partial charge on any atom is -0.280 e. The molecule has 0 saturated carbocycles. The summed E-state index contributed by atoms with van der Waals surface area (Å²) in [6.07, 6.45) is 1.55. The van der Waals surface area contributed by atoms with Crippen molar-refractivity contribution in [1.82, 2.24) is 4.98 Å². The van der Waals surface area contributed by atoms with Crippen molar-refractivity contribution in [3.8, 4) is 0 Å². The van der Waals surface area contributed by atoms with Gasteiger partial charge in [-0.15, -0.1) is 0 Å². The van der Waals surface area contributed by atoms with Crippen LogP contribution in [-0.2, 0) is 0 Å². The molecule has 132 valence electrons. The molecule has 0 unspecified atom stereocenters. The zero-order valence-electron chi connectivity index (χ0n) is 14.6. The lowest BCUT2D eigenvalue weighted by atomic mass is 9.83. The summed E-state index contributed by atoms with van der Waals surface area (Å²) in [5.41, 5.74) is 4.65. The molecule has 0 aliphatic carbocycles. The Bertz CT molecular complexity index is 1080. The van der Waals surface area contributed by atoms with E-state index < -0.39 is 11.6 Å². The van der Waals surface area contributed by atoms with E-state index in [1.54, 1.807) is 12.3 Å². The van der Waals surface area contributed by atoms with Gasteiger partial charge in [-0.25, -0.2) is 8.78 Å². The molecule has 1 aliphatic rings. The first kappa shape index (κ1) is 17.1. The van der Waals surface area contributed by atoms with Gasteiger partial charge < -0.3 is 0 Å². The lowest BCUT2D eigenvalue weighted by molar-refractivity contribution is 0.515. The van der Waals surface area contributed by atoms with Crippen LogP contribution in [0.5, 0.6) is 0 Å². The first-order valence-corrected chi connectivity index (χ1v) is 8.87. The van der Waals surface area contributed by atoms with Gasteiger partial charge in [0.1, 0.15) is 5.52 Å². The number of aromatic nitrogens is 1. The van der Waals surface area contributed by atoms with Gasteiger partial charge in [-0.3, -0.25) is 9.98 Å². The second kappa shape index (κ2) is 6.13. The van der Waals surface area contributed by atoms with Gasteiger partial charge in [-0.2, -0.15) is 0 Å². The van der Waals surface area contributed by atoms with E-state index in [4.69, 9.17) is 16.6 Å². The highest BCUT2D eigenvalue weighted by Crippen LogP contribution is 2.38. The lowest BCUT2D eigenvalue weighted by Crippen LogP contribution is -2.24. The van der Waals surface area contributed by atoms with Crippen LogP contribution in [0.2, 0.25) is 5.02 Å². The van der Waals surface area contributed by atoms with E-state index in [1.807, 2.05) is 19.1 Å². The summed E-state index contributed by atoms with van der Waals surface area (Å²) in [6, 6.07) is 8.49. The van der Waals surface area contributed by atoms with Gasteiger partial charge in [-0.1, -0.05) is 30.7 Å². The maximum absolute atomic E-state index is 13.9. The summed E-state index contributed by atoms with van der Waals surface area (Å²) in [7, 11) is 0.